The molecule has 60 heavy (non-hydrogen) atoms. The molecule has 0 atom stereocenters. The molecule has 2 nitrogen and oxygen atoms in total. The second-order valence-corrected chi connectivity index (χ2v) is 15.3. The number of aromatic nitrogens is 1. The summed E-state index contributed by atoms with van der Waals surface area (Å²) in [6, 6.07) is 87.9. The monoisotopic (exact) mass is 764 g/mol. The third kappa shape index (κ3) is 6.14. The molecule has 0 fully saturated rings. The normalized spacial score (nSPS) is 11.3. The molecule has 0 aliphatic carbocycles. The van der Waals surface area contributed by atoms with E-state index in [0.717, 1.165) is 33.8 Å². The van der Waals surface area contributed by atoms with Crippen molar-refractivity contribution in [2.24, 2.45) is 0 Å². The molecule has 0 radical (unpaired) electrons. The minimum absolute atomic E-state index is 1.09. The molecular weight excluding hydrogens is 725 g/mol. The Hall–Kier alpha value is -7.94. The van der Waals surface area contributed by atoms with E-state index in [-0.39, 0.29) is 0 Å². The van der Waals surface area contributed by atoms with E-state index in [0.29, 0.717) is 0 Å². The number of hydrogen-bond acceptors (Lipinski definition) is 1. The maximum Gasteiger partial charge on any atom is 0.0562 e. The molecule has 282 valence electrons. The van der Waals surface area contributed by atoms with Gasteiger partial charge in [-0.2, -0.15) is 0 Å². The first-order chi connectivity index (χ1) is 29.8. The molecule has 0 aliphatic rings. The number of anilines is 3. The number of para-hydroxylation sites is 3. The van der Waals surface area contributed by atoms with Crippen LogP contribution in [0.2, 0.25) is 0 Å². The highest BCUT2D eigenvalue weighted by Gasteiger charge is 2.24. The maximum atomic E-state index is 2.47. The second-order valence-electron chi connectivity index (χ2n) is 15.3. The summed E-state index contributed by atoms with van der Waals surface area (Å²) in [5.41, 5.74) is 16.3. The van der Waals surface area contributed by atoms with Crippen molar-refractivity contribution in [1.82, 2.24) is 4.57 Å². The molecule has 2 heteroatoms. The van der Waals surface area contributed by atoms with Crippen molar-refractivity contribution in [2.75, 3.05) is 4.90 Å². The molecule has 10 aromatic carbocycles. The third-order valence-electron chi connectivity index (χ3n) is 11.8. The molecule has 0 bridgehead atoms. The van der Waals surface area contributed by atoms with E-state index in [9.17, 15) is 0 Å². The Morgan fingerprint density at radius 3 is 1.62 bits per heavy atom. The van der Waals surface area contributed by atoms with Crippen LogP contribution in [0, 0.1) is 0 Å². The third-order valence-corrected chi connectivity index (χ3v) is 11.8. The standard InChI is InChI=1S/C58H40N2/c1-4-18-41(19-5-1)42-34-36-43(37-35-42)46-38-39-55(52(40-46)50-29-16-23-44-22-10-11-26-48(44)50)59(47-24-8-3-9-25-47)56-32-17-33-57-58(56)51-28-13-15-31-54(51)60(57)53-30-14-12-27-49(53)45-20-6-2-7-21-45/h1-40H. The summed E-state index contributed by atoms with van der Waals surface area (Å²) < 4.78 is 2.45. The molecule has 11 rings (SSSR count). The summed E-state index contributed by atoms with van der Waals surface area (Å²) in [4.78, 5) is 2.47. The van der Waals surface area contributed by atoms with Gasteiger partial charge in [0, 0.05) is 27.6 Å². The molecule has 0 aliphatic heterocycles. The SMILES string of the molecule is c1ccc(-c2ccc(-c3ccc(N(c4ccccc4)c4cccc5c4c4ccccc4n5-c4ccccc4-c4ccccc4)c(-c4cccc5ccccc45)c3)cc2)cc1. The Morgan fingerprint density at radius 2 is 0.833 bits per heavy atom. The second kappa shape index (κ2) is 15.1. The lowest BCUT2D eigenvalue weighted by Crippen LogP contribution is -2.12. The van der Waals surface area contributed by atoms with Crippen LogP contribution in [0.4, 0.5) is 17.1 Å². The van der Waals surface area contributed by atoms with Crippen molar-refractivity contribution in [2.45, 2.75) is 0 Å². The highest BCUT2D eigenvalue weighted by molar-refractivity contribution is 6.17. The van der Waals surface area contributed by atoms with Gasteiger partial charge in [0.05, 0.1) is 28.1 Å². The number of nitrogens with zero attached hydrogens (tertiary/aromatic N) is 2. The first kappa shape index (κ1) is 35.2. The van der Waals surface area contributed by atoms with E-state index in [1.807, 2.05) is 0 Å². The Morgan fingerprint density at radius 1 is 0.300 bits per heavy atom. The van der Waals surface area contributed by atoms with Crippen molar-refractivity contribution >= 4 is 49.6 Å². The Bertz CT molecular complexity index is 3290. The van der Waals surface area contributed by atoms with Gasteiger partial charge < -0.3 is 9.47 Å². The summed E-state index contributed by atoms with van der Waals surface area (Å²) in [6.45, 7) is 0. The summed E-state index contributed by atoms with van der Waals surface area (Å²) in [6.07, 6.45) is 0. The Balaban J connectivity index is 1.17. The minimum Gasteiger partial charge on any atom is -0.309 e. The van der Waals surface area contributed by atoms with Gasteiger partial charge >= 0.3 is 0 Å². The predicted octanol–water partition coefficient (Wildman–Crippen LogP) is 16.1. The lowest BCUT2D eigenvalue weighted by molar-refractivity contribution is 1.18. The highest BCUT2D eigenvalue weighted by Crippen LogP contribution is 2.48. The lowest BCUT2D eigenvalue weighted by Gasteiger charge is -2.29. The molecule has 0 amide bonds. The molecule has 11 aromatic rings. The van der Waals surface area contributed by atoms with Crippen molar-refractivity contribution in [3.8, 4) is 50.2 Å². The average Bonchev–Trinajstić information content (AvgIpc) is 3.67. The molecule has 0 N–H and O–H groups in total. The van der Waals surface area contributed by atoms with Crippen LogP contribution in [0.3, 0.4) is 0 Å². The van der Waals surface area contributed by atoms with Crippen LogP contribution in [0.25, 0.3) is 82.8 Å². The molecule has 0 saturated carbocycles. The van der Waals surface area contributed by atoms with Crippen LogP contribution in [-0.2, 0) is 0 Å². The van der Waals surface area contributed by atoms with Crippen LogP contribution in [-0.4, -0.2) is 4.57 Å². The van der Waals surface area contributed by atoms with Gasteiger partial charge in [-0.05, 0) is 92.7 Å². The van der Waals surface area contributed by atoms with E-state index < -0.39 is 0 Å². The van der Waals surface area contributed by atoms with Gasteiger partial charge in [0.1, 0.15) is 0 Å². The van der Waals surface area contributed by atoms with Gasteiger partial charge in [0.2, 0.25) is 0 Å². The average molecular weight is 765 g/mol. The first-order valence-electron chi connectivity index (χ1n) is 20.6. The summed E-state index contributed by atoms with van der Waals surface area (Å²) in [5, 5.41) is 4.84. The zero-order chi connectivity index (χ0) is 39.8. The Labute approximate surface area is 350 Å². The van der Waals surface area contributed by atoms with Crippen LogP contribution in [0.1, 0.15) is 0 Å². The molecule has 0 spiro atoms. The van der Waals surface area contributed by atoms with E-state index in [1.54, 1.807) is 0 Å². The Kier molecular flexibility index (Phi) is 8.87. The van der Waals surface area contributed by atoms with Crippen LogP contribution >= 0.6 is 0 Å². The molecule has 0 unspecified atom stereocenters. The van der Waals surface area contributed by atoms with E-state index in [2.05, 4.69) is 252 Å². The van der Waals surface area contributed by atoms with Crippen LogP contribution < -0.4 is 4.90 Å². The smallest absolute Gasteiger partial charge is 0.0562 e. The zero-order valence-electron chi connectivity index (χ0n) is 33.0. The van der Waals surface area contributed by atoms with Gasteiger partial charge in [-0.15, -0.1) is 0 Å². The van der Waals surface area contributed by atoms with Gasteiger partial charge in [0.15, 0.2) is 0 Å². The van der Waals surface area contributed by atoms with E-state index in [1.165, 1.54) is 66.0 Å². The van der Waals surface area contributed by atoms with Crippen LogP contribution in [0.5, 0.6) is 0 Å². The number of hydrogen-bond donors (Lipinski definition) is 0. The van der Waals surface area contributed by atoms with E-state index >= 15 is 0 Å². The van der Waals surface area contributed by atoms with Gasteiger partial charge in [-0.3, -0.25) is 0 Å². The summed E-state index contributed by atoms with van der Waals surface area (Å²) in [7, 11) is 0. The quantitative estimate of drug-likeness (QED) is 0.150. The fraction of sp³-hybridized carbons (Fsp3) is 0. The topological polar surface area (TPSA) is 8.17 Å². The van der Waals surface area contributed by atoms with Crippen molar-refractivity contribution < 1.29 is 0 Å². The summed E-state index contributed by atoms with van der Waals surface area (Å²) >= 11 is 0. The fourth-order valence-electron chi connectivity index (χ4n) is 9.03. The zero-order valence-corrected chi connectivity index (χ0v) is 33.0. The molecule has 1 aromatic heterocycles. The van der Waals surface area contributed by atoms with Crippen molar-refractivity contribution in [3.05, 3.63) is 243 Å². The first-order valence-corrected chi connectivity index (χ1v) is 20.6. The molecular formula is C58H40N2. The van der Waals surface area contributed by atoms with Crippen molar-refractivity contribution in [3.63, 3.8) is 0 Å². The number of rotatable bonds is 8. The summed E-state index contributed by atoms with van der Waals surface area (Å²) in [5.74, 6) is 0. The van der Waals surface area contributed by atoms with E-state index in [4.69, 9.17) is 0 Å². The van der Waals surface area contributed by atoms with Crippen LogP contribution in [0.15, 0.2) is 243 Å². The fourth-order valence-corrected chi connectivity index (χ4v) is 9.03. The van der Waals surface area contributed by atoms with Gasteiger partial charge in [-0.1, -0.05) is 194 Å². The van der Waals surface area contributed by atoms with Gasteiger partial charge in [-0.25, -0.2) is 0 Å². The maximum absolute atomic E-state index is 2.47. The number of fused-ring (bicyclic) bond motifs is 4. The van der Waals surface area contributed by atoms with Crippen molar-refractivity contribution in [1.29, 1.82) is 0 Å². The molecule has 1 heterocycles. The minimum atomic E-state index is 1.09. The number of benzene rings is 10. The lowest BCUT2D eigenvalue weighted by atomic mass is 9.92. The predicted molar refractivity (Wildman–Crippen MR) is 255 cm³/mol. The molecule has 0 saturated heterocycles. The largest absolute Gasteiger partial charge is 0.309 e. The van der Waals surface area contributed by atoms with Gasteiger partial charge in [0.25, 0.3) is 0 Å². The highest BCUT2D eigenvalue weighted by atomic mass is 15.2.